The third kappa shape index (κ3) is 2.74. The molecule has 0 saturated carbocycles. The Kier molecular flexibility index (Phi) is 3.72. The number of nitrogen functional groups attached to an aromatic ring is 1. The first kappa shape index (κ1) is 15.4. The largest absolute Gasteiger partial charge is 0.433 e. The van der Waals surface area contributed by atoms with Gasteiger partial charge in [-0.3, -0.25) is 4.79 Å². The zero-order chi connectivity index (χ0) is 15.9. The van der Waals surface area contributed by atoms with Crippen molar-refractivity contribution >= 4 is 23.2 Å². The van der Waals surface area contributed by atoms with Crippen LogP contribution in [0.15, 0.2) is 27.9 Å². The lowest BCUT2D eigenvalue weighted by molar-refractivity contribution is -0.143. The molecule has 2 rings (SSSR count). The summed E-state index contributed by atoms with van der Waals surface area (Å²) in [5.41, 5.74) is -4.55. The van der Waals surface area contributed by atoms with Crippen LogP contribution in [-0.4, -0.2) is 14.2 Å². The van der Waals surface area contributed by atoms with E-state index in [2.05, 4.69) is 4.98 Å². The molecule has 0 saturated heterocycles. The molecule has 0 bridgehead atoms. The van der Waals surface area contributed by atoms with Gasteiger partial charge in [0.25, 0.3) is 5.56 Å². The monoisotopic (exact) mass is 340 g/mol. The number of pyridine rings is 1. The number of aromatic nitrogens is 3. The zero-order valence-electron chi connectivity index (χ0n) is 9.86. The topological polar surface area (TPSA) is 82.9 Å². The second-order valence-corrected chi connectivity index (χ2v) is 4.61. The quantitative estimate of drug-likeness (QED) is 0.628. The average molecular weight is 341 g/mol. The highest BCUT2D eigenvalue weighted by atomic mass is 35.5. The molecule has 0 aliphatic carbocycles. The molecule has 2 aromatic rings. The van der Waals surface area contributed by atoms with E-state index >= 15 is 0 Å². The fourth-order valence-electron chi connectivity index (χ4n) is 1.56. The minimum absolute atomic E-state index is 0.0316. The van der Waals surface area contributed by atoms with E-state index in [4.69, 9.17) is 29.0 Å². The van der Waals surface area contributed by atoms with E-state index in [1.807, 2.05) is 0 Å². The maximum absolute atomic E-state index is 12.6. The van der Waals surface area contributed by atoms with Gasteiger partial charge >= 0.3 is 11.9 Å². The van der Waals surface area contributed by atoms with E-state index in [-0.39, 0.29) is 26.6 Å². The molecule has 0 atom stereocenters. The molecule has 21 heavy (non-hydrogen) atoms. The number of halogens is 5. The molecule has 0 aromatic carbocycles. The van der Waals surface area contributed by atoms with Crippen LogP contribution in [0.3, 0.4) is 0 Å². The lowest BCUT2D eigenvalue weighted by Gasteiger charge is -2.13. The lowest BCUT2D eigenvalue weighted by atomic mass is 10.3. The summed E-state index contributed by atoms with van der Waals surface area (Å²) in [7, 11) is 0. The van der Waals surface area contributed by atoms with Crippen LogP contribution in [0.5, 0.6) is 0 Å². The number of hydrogen-bond acceptors (Lipinski definition) is 4. The van der Waals surface area contributed by atoms with Crippen molar-refractivity contribution in [1.82, 2.24) is 14.2 Å². The Morgan fingerprint density at radius 1 is 1.19 bits per heavy atom. The minimum Gasteiger partial charge on any atom is -0.335 e. The molecule has 6 nitrogen and oxygen atoms in total. The highest BCUT2D eigenvalue weighted by Crippen LogP contribution is 2.27. The van der Waals surface area contributed by atoms with Crippen LogP contribution in [0.25, 0.3) is 5.69 Å². The first-order valence-corrected chi connectivity index (χ1v) is 5.91. The molecule has 2 aromatic heterocycles. The Morgan fingerprint density at radius 3 is 2.38 bits per heavy atom. The summed E-state index contributed by atoms with van der Waals surface area (Å²) in [6.07, 6.45) is -3.81. The fraction of sp³-hybridized carbons (Fsp3) is 0.100. The number of alkyl halides is 3. The summed E-state index contributed by atoms with van der Waals surface area (Å²) in [6, 6.07) is 1.28. The molecule has 2 N–H and O–H groups in total. The summed E-state index contributed by atoms with van der Waals surface area (Å²) >= 11 is 11.4. The van der Waals surface area contributed by atoms with Crippen molar-refractivity contribution in [2.75, 3.05) is 5.84 Å². The Bertz CT molecular complexity index is 829. The van der Waals surface area contributed by atoms with E-state index in [0.29, 0.717) is 4.57 Å². The molecular weight excluding hydrogens is 336 g/mol. The van der Waals surface area contributed by atoms with Gasteiger partial charge in [0.05, 0.1) is 10.7 Å². The molecule has 0 amide bonds. The van der Waals surface area contributed by atoms with Crippen molar-refractivity contribution in [3.05, 3.63) is 55.0 Å². The summed E-state index contributed by atoms with van der Waals surface area (Å²) in [4.78, 5) is 27.3. The maximum Gasteiger partial charge on any atom is 0.433 e. The molecule has 2 heterocycles. The van der Waals surface area contributed by atoms with Gasteiger partial charge < -0.3 is 5.84 Å². The van der Waals surface area contributed by atoms with Crippen LogP contribution in [0.1, 0.15) is 5.69 Å². The molecule has 0 spiro atoms. The van der Waals surface area contributed by atoms with Crippen LogP contribution in [-0.2, 0) is 6.18 Å². The first-order valence-electron chi connectivity index (χ1n) is 5.15. The van der Waals surface area contributed by atoms with Gasteiger partial charge in [0.2, 0.25) is 0 Å². The van der Waals surface area contributed by atoms with E-state index < -0.39 is 23.1 Å². The molecule has 0 radical (unpaired) electrons. The van der Waals surface area contributed by atoms with Crippen molar-refractivity contribution in [3.63, 3.8) is 0 Å². The normalized spacial score (nSPS) is 11.7. The first-order chi connectivity index (χ1) is 9.62. The molecule has 0 fully saturated rings. The van der Waals surface area contributed by atoms with Crippen LogP contribution in [0, 0.1) is 0 Å². The smallest absolute Gasteiger partial charge is 0.335 e. The van der Waals surface area contributed by atoms with Gasteiger partial charge in [0, 0.05) is 12.3 Å². The van der Waals surface area contributed by atoms with Crippen LogP contribution in [0.2, 0.25) is 10.2 Å². The van der Waals surface area contributed by atoms with Crippen molar-refractivity contribution in [3.8, 4) is 5.69 Å². The van der Waals surface area contributed by atoms with Crippen molar-refractivity contribution in [2.24, 2.45) is 0 Å². The standard InChI is InChI=1S/C10H5Cl2F3N4O2/c11-4-1-5(8(12)17-3-4)18-7(20)2-6(10(13,14)15)19(16)9(18)21/h1-3H,16H2. The molecule has 0 unspecified atom stereocenters. The van der Waals surface area contributed by atoms with Crippen molar-refractivity contribution < 1.29 is 13.2 Å². The zero-order valence-corrected chi connectivity index (χ0v) is 11.4. The molecule has 11 heteroatoms. The maximum atomic E-state index is 12.6. The van der Waals surface area contributed by atoms with Crippen LogP contribution < -0.4 is 17.1 Å². The van der Waals surface area contributed by atoms with Gasteiger partial charge in [-0.1, -0.05) is 23.2 Å². The van der Waals surface area contributed by atoms with Crippen LogP contribution in [0.4, 0.5) is 13.2 Å². The Labute approximate surface area is 124 Å². The SMILES string of the molecule is Nn1c(C(F)(F)F)cc(=O)n(-c2cc(Cl)cnc2Cl)c1=O. The van der Waals surface area contributed by atoms with Crippen LogP contribution >= 0.6 is 23.2 Å². The van der Waals surface area contributed by atoms with E-state index in [9.17, 15) is 22.8 Å². The molecular formula is C10H5Cl2F3N4O2. The second kappa shape index (κ2) is 5.08. The summed E-state index contributed by atoms with van der Waals surface area (Å²) in [5, 5.41) is -0.262. The molecule has 112 valence electrons. The van der Waals surface area contributed by atoms with Gasteiger partial charge in [-0.25, -0.2) is 19.0 Å². The Hall–Kier alpha value is -2.00. The predicted molar refractivity (Wildman–Crippen MR) is 69.3 cm³/mol. The van der Waals surface area contributed by atoms with Gasteiger partial charge in [-0.2, -0.15) is 13.2 Å². The third-order valence-electron chi connectivity index (χ3n) is 2.46. The predicted octanol–water partition coefficient (Wildman–Crippen LogP) is 1.43. The van der Waals surface area contributed by atoms with Gasteiger partial charge in [-0.15, -0.1) is 0 Å². The van der Waals surface area contributed by atoms with Gasteiger partial charge in [0.15, 0.2) is 10.8 Å². The number of nitrogens with two attached hydrogens (primary N) is 1. The van der Waals surface area contributed by atoms with E-state index in [0.717, 1.165) is 12.3 Å². The number of rotatable bonds is 1. The lowest BCUT2D eigenvalue weighted by Crippen LogP contribution is -2.45. The van der Waals surface area contributed by atoms with Gasteiger partial charge in [-0.05, 0) is 6.07 Å². The second-order valence-electron chi connectivity index (χ2n) is 3.82. The summed E-state index contributed by atoms with van der Waals surface area (Å²) in [5.74, 6) is 5.09. The van der Waals surface area contributed by atoms with Crippen molar-refractivity contribution in [2.45, 2.75) is 6.18 Å². The summed E-state index contributed by atoms with van der Waals surface area (Å²) in [6.45, 7) is 0. The summed E-state index contributed by atoms with van der Waals surface area (Å²) < 4.78 is 38.1. The minimum atomic E-state index is -4.96. The van der Waals surface area contributed by atoms with E-state index in [1.165, 1.54) is 0 Å². The van der Waals surface area contributed by atoms with Crippen molar-refractivity contribution in [1.29, 1.82) is 0 Å². The van der Waals surface area contributed by atoms with Gasteiger partial charge in [0.1, 0.15) is 0 Å². The third-order valence-corrected chi connectivity index (χ3v) is 2.95. The average Bonchev–Trinajstić information content (AvgIpc) is 2.36. The molecule has 0 aliphatic heterocycles. The fourth-order valence-corrected chi connectivity index (χ4v) is 1.90. The molecule has 0 aliphatic rings. The highest BCUT2D eigenvalue weighted by Gasteiger charge is 2.35. The Balaban J connectivity index is 2.85. The Morgan fingerprint density at radius 2 is 1.81 bits per heavy atom. The number of hydrogen-bond donors (Lipinski definition) is 1. The van der Waals surface area contributed by atoms with E-state index in [1.54, 1.807) is 0 Å². The number of nitrogens with zero attached hydrogens (tertiary/aromatic N) is 3. The highest BCUT2D eigenvalue weighted by molar-refractivity contribution is 6.33.